The van der Waals surface area contributed by atoms with Crippen molar-refractivity contribution in [2.45, 2.75) is 12.8 Å². The Bertz CT molecular complexity index is 616. The lowest BCUT2D eigenvalue weighted by atomic mass is 10.1. The van der Waals surface area contributed by atoms with Gasteiger partial charge in [-0.15, -0.1) is 0 Å². The number of carbonyl (C=O) groups excluding carboxylic acids is 1. The number of benzene rings is 2. The molecule has 4 heteroatoms. The van der Waals surface area contributed by atoms with E-state index in [2.05, 4.69) is 0 Å². The fraction of sp³-hybridized carbons (Fsp3) is 0.200. The summed E-state index contributed by atoms with van der Waals surface area (Å²) in [5.74, 6) is -1.15. The number of anilines is 1. The molecule has 1 N–H and O–H groups in total. The minimum Gasteiger partial charge on any atom is -0.481 e. The standard InChI is InChI=1S/C15H15NO3/c1-16(14(17)9-10-15(18)19)13-8-4-6-11-5-2-3-7-12(11)13/h2-8H,9-10H2,1H3,(H,18,19). The summed E-state index contributed by atoms with van der Waals surface area (Å²) in [5, 5.41) is 10.7. The summed E-state index contributed by atoms with van der Waals surface area (Å²) in [6.07, 6.45) is -0.136. The summed E-state index contributed by atoms with van der Waals surface area (Å²) < 4.78 is 0. The Morgan fingerprint density at radius 2 is 1.74 bits per heavy atom. The van der Waals surface area contributed by atoms with E-state index in [1.165, 1.54) is 4.90 Å². The lowest BCUT2D eigenvalue weighted by Gasteiger charge is -2.19. The predicted octanol–water partition coefficient (Wildman–Crippen LogP) is 2.67. The van der Waals surface area contributed by atoms with Crippen LogP contribution in [-0.2, 0) is 9.59 Å². The molecule has 0 fully saturated rings. The second-order valence-electron chi connectivity index (χ2n) is 4.34. The molecule has 2 aromatic carbocycles. The van der Waals surface area contributed by atoms with Gasteiger partial charge in [0.2, 0.25) is 5.91 Å². The molecule has 1 amide bonds. The average molecular weight is 257 g/mol. The molecule has 19 heavy (non-hydrogen) atoms. The Labute approximate surface area is 111 Å². The summed E-state index contributed by atoms with van der Waals surface area (Å²) in [7, 11) is 1.67. The molecule has 0 heterocycles. The normalized spacial score (nSPS) is 10.4. The number of amides is 1. The van der Waals surface area contributed by atoms with Crippen LogP contribution in [0.25, 0.3) is 10.8 Å². The molecule has 0 unspecified atom stereocenters. The zero-order valence-electron chi connectivity index (χ0n) is 10.7. The van der Waals surface area contributed by atoms with Crippen molar-refractivity contribution < 1.29 is 14.7 Å². The second-order valence-corrected chi connectivity index (χ2v) is 4.34. The van der Waals surface area contributed by atoms with E-state index in [4.69, 9.17) is 5.11 Å². The first-order valence-corrected chi connectivity index (χ1v) is 6.05. The molecule has 2 rings (SSSR count). The van der Waals surface area contributed by atoms with Crippen LogP contribution in [0.15, 0.2) is 42.5 Å². The SMILES string of the molecule is CN(C(=O)CCC(=O)O)c1cccc2ccccc12. The number of rotatable bonds is 4. The van der Waals surface area contributed by atoms with Crippen molar-refractivity contribution in [2.24, 2.45) is 0 Å². The highest BCUT2D eigenvalue weighted by molar-refractivity contribution is 6.03. The van der Waals surface area contributed by atoms with Crippen LogP contribution in [0.2, 0.25) is 0 Å². The number of aliphatic carboxylic acids is 1. The van der Waals surface area contributed by atoms with Gasteiger partial charge >= 0.3 is 5.97 Å². The van der Waals surface area contributed by atoms with Crippen molar-refractivity contribution in [2.75, 3.05) is 11.9 Å². The minimum atomic E-state index is -0.959. The Morgan fingerprint density at radius 1 is 1.05 bits per heavy atom. The van der Waals surface area contributed by atoms with Gasteiger partial charge in [0.1, 0.15) is 0 Å². The summed E-state index contributed by atoms with van der Waals surface area (Å²) in [4.78, 5) is 24.0. The van der Waals surface area contributed by atoms with Crippen LogP contribution in [0, 0.1) is 0 Å². The summed E-state index contributed by atoms with van der Waals surface area (Å²) in [5.41, 5.74) is 0.800. The minimum absolute atomic E-state index is 0.00898. The number of hydrogen-bond donors (Lipinski definition) is 1. The maximum absolute atomic E-state index is 12.0. The third-order valence-corrected chi connectivity index (χ3v) is 3.05. The molecule has 0 aliphatic rings. The van der Waals surface area contributed by atoms with Crippen molar-refractivity contribution in [3.8, 4) is 0 Å². The average Bonchev–Trinajstić information content (AvgIpc) is 2.43. The largest absolute Gasteiger partial charge is 0.481 e. The van der Waals surface area contributed by atoms with Crippen LogP contribution in [0.4, 0.5) is 5.69 Å². The van der Waals surface area contributed by atoms with Gasteiger partial charge in [-0.1, -0.05) is 36.4 Å². The monoisotopic (exact) mass is 257 g/mol. The molecule has 0 saturated heterocycles. The highest BCUT2D eigenvalue weighted by Crippen LogP contribution is 2.26. The lowest BCUT2D eigenvalue weighted by Crippen LogP contribution is -2.26. The fourth-order valence-electron chi connectivity index (χ4n) is 2.02. The topological polar surface area (TPSA) is 57.6 Å². The first kappa shape index (κ1) is 13.1. The molecule has 0 radical (unpaired) electrons. The highest BCUT2D eigenvalue weighted by Gasteiger charge is 2.14. The maximum Gasteiger partial charge on any atom is 0.303 e. The fourth-order valence-corrected chi connectivity index (χ4v) is 2.02. The zero-order valence-corrected chi connectivity index (χ0v) is 10.7. The van der Waals surface area contributed by atoms with Gasteiger partial charge in [-0.05, 0) is 11.5 Å². The van der Waals surface area contributed by atoms with Gasteiger partial charge in [-0.3, -0.25) is 9.59 Å². The van der Waals surface area contributed by atoms with E-state index in [0.29, 0.717) is 0 Å². The molecular formula is C15H15NO3. The van der Waals surface area contributed by atoms with Gasteiger partial charge < -0.3 is 10.0 Å². The molecule has 0 atom stereocenters. The van der Waals surface area contributed by atoms with Gasteiger partial charge in [0.25, 0.3) is 0 Å². The zero-order chi connectivity index (χ0) is 13.8. The molecule has 4 nitrogen and oxygen atoms in total. The number of nitrogens with zero attached hydrogens (tertiary/aromatic N) is 1. The van der Waals surface area contributed by atoms with Crippen LogP contribution < -0.4 is 4.90 Å². The van der Waals surface area contributed by atoms with Crippen LogP contribution in [-0.4, -0.2) is 24.0 Å². The van der Waals surface area contributed by atoms with E-state index >= 15 is 0 Å². The molecule has 0 aromatic heterocycles. The van der Waals surface area contributed by atoms with Gasteiger partial charge in [0.05, 0.1) is 12.1 Å². The van der Waals surface area contributed by atoms with Crippen LogP contribution in [0.5, 0.6) is 0 Å². The van der Waals surface area contributed by atoms with Gasteiger partial charge in [0.15, 0.2) is 0 Å². The van der Waals surface area contributed by atoms with E-state index < -0.39 is 5.97 Å². The summed E-state index contributed by atoms with van der Waals surface area (Å²) >= 11 is 0. The highest BCUT2D eigenvalue weighted by atomic mass is 16.4. The Morgan fingerprint density at radius 3 is 2.47 bits per heavy atom. The molecule has 0 saturated carbocycles. The van der Waals surface area contributed by atoms with Crippen molar-refractivity contribution >= 4 is 28.3 Å². The van der Waals surface area contributed by atoms with E-state index in [1.807, 2.05) is 42.5 Å². The first-order valence-electron chi connectivity index (χ1n) is 6.05. The smallest absolute Gasteiger partial charge is 0.303 e. The third kappa shape index (κ3) is 2.91. The van der Waals surface area contributed by atoms with E-state index in [1.54, 1.807) is 7.05 Å². The quantitative estimate of drug-likeness (QED) is 0.916. The summed E-state index contributed by atoms with van der Waals surface area (Å²) in [6.45, 7) is 0. The maximum atomic E-state index is 12.0. The van der Waals surface area contributed by atoms with E-state index in [9.17, 15) is 9.59 Å². The van der Waals surface area contributed by atoms with Crippen molar-refractivity contribution in [3.05, 3.63) is 42.5 Å². The van der Waals surface area contributed by atoms with Gasteiger partial charge in [0, 0.05) is 18.9 Å². The van der Waals surface area contributed by atoms with Gasteiger partial charge in [-0.25, -0.2) is 0 Å². The number of carboxylic acids is 1. The number of carboxylic acid groups (broad SMARTS) is 1. The summed E-state index contributed by atoms with van der Waals surface area (Å²) in [6, 6.07) is 13.5. The molecule has 0 spiro atoms. The van der Waals surface area contributed by atoms with Gasteiger partial charge in [-0.2, -0.15) is 0 Å². The molecular weight excluding hydrogens is 242 g/mol. The number of hydrogen-bond acceptors (Lipinski definition) is 2. The van der Waals surface area contributed by atoms with Crippen LogP contribution in [0.1, 0.15) is 12.8 Å². The Balaban J connectivity index is 2.28. The predicted molar refractivity (Wildman–Crippen MR) is 74.2 cm³/mol. The van der Waals surface area contributed by atoms with E-state index in [-0.39, 0.29) is 18.7 Å². The molecule has 0 aliphatic carbocycles. The Kier molecular flexibility index (Phi) is 3.80. The number of carbonyl (C=O) groups is 2. The molecule has 2 aromatic rings. The van der Waals surface area contributed by atoms with Crippen LogP contribution in [0.3, 0.4) is 0 Å². The second kappa shape index (κ2) is 5.52. The third-order valence-electron chi connectivity index (χ3n) is 3.05. The van der Waals surface area contributed by atoms with E-state index in [0.717, 1.165) is 16.5 Å². The lowest BCUT2D eigenvalue weighted by molar-refractivity contribution is -0.138. The first-order chi connectivity index (χ1) is 9.09. The van der Waals surface area contributed by atoms with Crippen molar-refractivity contribution in [1.82, 2.24) is 0 Å². The van der Waals surface area contributed by atoms with Crippen molar-refractivity contribution in [1.29, 1.82) is 0 Å². The molecule has 0 bridgehead atoms. The molecule has 98 valence electrons. The van der Waals surface area contributed by atoms with Crippen LogP contribution >= 0.6 is 0 Å². The van der Waals surface area contributed by atoms with Crippen molar-refractivity contribution in [3.63, 3.8) is 0 Å². The number of fused-ring (bicyclic) bond motifs is 1. The molecule has 0 aliphatic heterocycles. The Hall–Kier alpha value is -2.36.